The number of rotatable bonds is 6. The monoisotopic (exact) mass is 500 g/mol. The molecule has 0 bridgehead atoms. The second-order valence-electron chi connectivity index (χ2n) is 6.54. The van der Waals surface area contributed by atoms with Crippen molar-refractivity contribution >= 4 is 46.3 Å². The van der Waals surface area contributed by atoms with Crippen LogP contribution in [0.4, 0.5) is 5.00 Å². The van der Waals surface area contributed by atoms with Gasteiger partial charge < -0.3 is 20.6 Å². The third-order valence-electron chi connectivity index (χ3n) is 4.58. The molecule has 7 heteroatoms. The maximum Gasteiger partial charge on any atom is 0.191 e. The molecule has 1 aliphatic rings. The Balaban J connectivity index is 0.00000261. The first-order valence-corrected chi connectivity index (χ1v) is 10.2. The topological polar surface area (TPSA) is 59.9 Å². The van der Waals surface area contributed by atoms with E-state index in [1.165, 1.54) is 5.00 Å². The van der Waals surface area contributed by atoms with E-state index in [2.05, 4.69) is 40.0 Å². The van der Waals surface area contributed by atoms with E-state index in [1.807, 2.05) is 23.5 Å². The van der Waals surface area contributed by atoms with Gasteiger partial charge in [0.2, 0.25) is 0 Å². The summed E-state index contributed by atoms with van der Waals surface area (Å²) < 4.78 is 0. The molecule has 1 aromatic heterocycles. The molecule has 1 fully saturated rings. The van der Waals surface area contributed by atoms with Gasteiger partial charge in [-0.3, -0.25) is 4.99 Å². The van der Waals surface area contributed by atoms with Crippen LogP contribution in [-0.2, 0) is 6.42 Å². The van der Waals surface area contributed by atoms with Gasteiger partial charge in [0.05, 0.1) is 5.00 Å². The van der Waals surface area contributed by atoms with Crippen LogP contribution in [0, 0.1) is 0 Å². The summed E-state index contributed by atoms with van der Waals surface area (Å²) in [4.78, 5) is 7.17. The number of hydrogen-bond donors (Lipinski definition) is 3. The number of phenols is 1. The van der Waals surface area contributed by atoms with Crippen molar-refractivity contribution in [1.82, 2.24) is 10.6 Å². The second-order valence-corrected chi connectivity index (χ2v) is 7.46. The average Bonchev–Trinajstić information content (AvgIpc) is 3.17. The molecule has 0 radical (unpaired) electrons. The standard InChI is InChI=1S/C20H28N4OS.HI/c1-2-21-20(22-11-8-16-5-3-6-18(25)15-16)23-17-9-12-24(13-10-17)19-7-4-14-26-19;/h3-7,14-15,17,25H,2,8-13H2,1H3,(H2,21,22,23);1H. The first kappa shape index (κ1) is 21.8. The number of hydrogen-bond acceptors (Lipinski definition) is 4. The van der Waals surface area contributed by atoms with Crippen LogP contribution >= 0.6 is 35.3 Å². The molecule has 0 spiro atoms. The lowest BCUT2D eigenvalue weighted by atomic mass is 10.1. The number of piperidine rings is 1. The first-order valence-electron chi connectivity index (χ1n) is 9.36. The molecule has 2 aromatic rings. The minimum atomic E-state index is 0. The Morgan fingerprint density at radius 3 is 2.74 bits per heavy atom. The maximum absolute atomic E-state index is 9.55. The summed E-state index contributed by atoms with van der Waals surface area (Å²) >= 11 is 1.81. The zero-order chi connectivity index (χ0) is 18.2. The molecule has 3 rings (SSSR count). The lowest BCUT2D eigenvalue weighted by Gasteiger charge is -2.33. The van der Waals surface area contributed by atoms with Crippen molar-refractivity contribution in [2.75, 3.05) is 31.1 Å². The van der Waals surface area contributed by atoms with Gasteiger partial charge >= 0.3 is 0 Å². The summed E-state index contributed by atoms with van der Waals surface area (Å²) in [7, 11) is 0. The SMILES string of the molecule is CCNC(=NCCc1cccc(O)c1)NC1CCN(c2cccs2)CC1.I. The molecule has 3 N–H and O–H groups in total. The fourth-order valence-corrected chi connectivity index (χ4v) is 4.00. The van der Waals surface area contributed by atoms with E-state index in [0.717, 1.165) is 50.4 Å². The van der Waals surface area contributed by atoms with E-state index >= 15 is 0 Å². The molecule has 148 valence electrons. The molecule has 1 aliphatic heterocycles. The summed E-state index contributed by atoms with van der Waals surface area (Å²) in [6.07, 6.45) is 3.06. The summed E-state index contributed by atoms with van der Waals surface area (Å²) in [5.74, 6) is 1.20. The number of thiophene rings is 1. The smallest absolute Gasteiger partial charge is 0.191 e. The molecule has 2 heterocycles. The highest BCUT2D eigenvalue weighted by molar-refractivity contribution is 14.0. The maximum atomic E-state index is 9.55. The number of guanidine groups is 1. The number of aliphatic imine (C=N–C) groups is 1. The number of benzene rings is 1. The van der Waals surface area contributed by atoms with Crippen molar-refractivity contribution in [1.29, 1.82) is 0 Å². The minimum absolute atomic E-state index is 0. The Labute approximate surface area is 182 Å². The van der Waals surface area contributed by atoms with Crippen LogP contribution in [-0.4, -0.2) is 43.3 Å². The van der Waals surface area contributed by atoms with Crippen LogP contribution < -0.4 is 15.5 Å². The van der Waals surface area contributed by atoms with Crippen molar-refractivity contribution < 1.29 is 5.11 Å². The Bertz CT molecular complexity index is 700. The lowest BCUT2D eigenvalue weighted by Crippen LogP contribution is -2.48. The summed E-state index contributed by atoms with van der Waals surface area (Å²) in [6.45, 7) is 5.81. The lowest BCUT2D eigenvalue weighted by molar-refractivity contribution is 0.463. The zero-order valence-electron chi connectivity index (χ0n) is 15.7. The highest BCUT2D eigenvalue weighted by Gasteiger charge is 2.20. The zero-order valence-corrected chi connectivity index (χ0v) is 18.9. The predicted molar refractivity (Wildman–Crippen MR) is 126 cm³/mol. The van der Waals surface area contributed by atoms with E-state index in [1.54, 1.807) is 12.1 Å². The molecular formula is C20H29IN4OS. The van der Waals surface area contributed by atoms with Crippen molar-refractivity contribution in [3.8, 4) is 5.75 Å². The van der Waals surface area contributed by atoms with E-state index in [0.29, 0.717) is 18.3 Å². The number of aromatic hydroxyl groups is 1. The number of halogens is 1. The Kier molecular flexibility index (Phi) is 9.20. The second kappa shape index (κ2) is 11.4. The third-order valence-corrected chi connectivity index (χ3v) is 5.51. The van der Waals surface area contributed by atoms with Crippen molar-refractivity contribution in [3.63, 3.8) is 0 Å². The highest BCUT2D eigenvalue weighted by atomic mass is 127. The molecule has 0 saturated carbocycles. The Morgan fingerprint density at radius 1 is 1.26 bits per heavy atom. The van der Waals surface area contributed by atoms with Gasteiger partial charge in [-0.25, -0.2) is 0 Å². The molecular weight excluding hydrogens is 471 g/mol. The van der Waals surface area contributed by atoms with E-state index < -0.39 is 0 Å². The fourth-order valence-electron chi connectivity index (χ4n) is 3.22. The predicted octanol–water partition coefficient (Wildman–Crippen LogP) is 3.84. The van der Waals surface area contributed by atoms with Crippen LogP contribution in [0.5, 0.6) is 5.75 Å². The molecule has 1 saturated heterocycles. The van der Waals surface area contributed by atoms with E-state index in [4.69, 9.17) is 4.99 Å². The van der Waals surface area contributed by atoms with E-state index in [-0.39, 0.29) is 24.0 Å². The Morgan fingerprint density at radius 2 is 2.07 bits per heavy atom. The van der Waals surface area contributed by atoms with Crippen molar-refractivity contribution in [3.05, 3.63) is 47.3 Å². The number of nitrogens with one attached hydrogen (secondary N) is 2. The summed E-state index contributed by atoms with van der Waals surface area (Å²) in [5.41, 5.74) is 1.11. The van der Waals surface area contributed by atoms with Gasteiger partial charge in [-0.15, -0.1) is 35.3 Å². The first-order chi connectivity index (χ1) is 12.7. The highest BCUT2D eigenvalue weighted by Crippen LogP contribution is 2.24. The molecule has 1 aromatic carbocycles. The van der Waals surface area contributed by atoms with Crippen molar-refractivity contribution in [2.24, 2.45) is 4.99 Å². The molecule has 27 heavy (non-hydrogen) atoms. The molecule has 0 atom stereocenters. The van der Waals surface area contributed by atoms with Crippen LogP contribution in [0.3, 0.4) is 0 Å². The minimum Gasteiger partial charge on any atom is -0.508 e. The van der Waals surface area contributed by atoms with Crippen LogP contribution in [0.2, 0.25) is 0 Å². The normalized spacial score (nSPS) is 15.3. The van der Waals surface area contributed by atoms with Gasteiger partial charge in [0.15, 0.2) is 5.96 Å². The molecule has 5 nitrogen and oxygen atoms in total. The van der Waals surface area contributed by atoms with E-state index in [9.17, 15) is 5.11 Å². The average molecular weight is 500 g/mol. The largest absolute Gasteiger partial charge is 0.508 e. The van der Waals surface area contributed by atoms with Crippen LogP contribution in [0.15, 0.2) is 46.8 Å². The fraction of sp³-hybridized carbons (Fsp3) is 0.450. The summed E-state index contributed by atoms with van der Waals surface area (Å²) in [6, 6.07) is 12.2. The third kappa shape index (κ3) is 6.88. The quantitative estimate of drug-likeness (QED) is 0.321. The number of nitrogens with zero attached hydrogens (tertiary/aromatic N) is 2. The number of anilines is 1. The van der Waals surface area contributed by atoms with Crippen LogP contribution in [0.25, 0.3) is 0 Å². The van der Waals surface area contributed by atoms with Crippen molar-refractivity contribution in [2.45, 2.75) is 32.2 Å². The summed E-state index contributed by atoms with van der Waals surface area (Å²) in [5, 5.41) is 20.0. The van der Waals surface area contributed by atoms with Gasteiger partial charge in [-0.2, -0.15) is 0 Å². The van der Waals surface area contributed by atoms with Gasteiger partial charge in [-0.1, -0.05) is 12.1 Å². The number of phenolic OH excluding ortho intramolecular Hbond substituents is 1. The van der Waals surface area contributed by atoms with Gasteiger partial charge in [0, 0.05) is 32.2 Å². The molecule has 0 amide bonds. The Hall–Kier alpha value is -1.48. The van der Waals surface area contributed by atoms with Gasteiger partial charge in [0.25, 0.3) is 0 Å². The van der Waals surface area contributed by atoms with Gasteiger partial charge in [-0.05, 0) is 61.4 Å². The van der Waals surface area contributed by atoms with Crippen LogP contribution in [0.1, 0.15) is 25.3 Å². The molecule has 0 unspecified atom stereocenters. The molecule has 0 aliphatic carbocycles. The van der Waals surface area contributed by atoms with Gasteiger partial charge in [0.1, 0.15) is 5.75 Å².